The summed E-state index contributed by atoms with van der Waals surface area (Å²) in [6.45, 7) is 17.9. The summed E-state index contributed by atoms with van der Waals surface area (Å²) < 4.78 is 0. The molecule has 0 spiro atoms. The number of nitrogens with one attached hydrogen (secondary N) is 3. The van der Waals surface area contributed by atoms with Crippen LogP contribution in [0.15, 0.2) is 16.9 Å². The highest BCUT2D eigenvalue weighted by Gasteiger charge is 2.36. The number of hydrazone groups is 1. The van der Waals surface area contributed by atoms with Gasteiger partial charge in [-0.25, -0.2) is 0 Å². The van der Waals surface area contributed by atoms with Crippen molar-refractivity contribution < 1.29 is 0 Å². The molecule has 2 aliphatic heterocycles. The Kier molecular flexibility index (Phi) is 4.25. The van der Waals surface area contributed by atoms with Crippen molar-refractivity contribution in [1.82, 2.24) is 16.1 Å². The summed E-state index contributed by atoms with van der Waals surface area (Å²) >= 11 is 0. The second kappa shape index (κ2) is 5.34. The number of piperidine rings is 1. The van der Waals surface area contributed by atoms with Crippen molar-refractivity contribution in [3.05, 3.63) is 11.8 Å². The van der Waals surface area contributed by atoms with Crippen LogP contribution in [0, 0.1) is 0 Å². The first-order chi connectivity index (χ1) is 9.78. The molecule has 0 saturated carbocycles. The molecule has 0 radical (unpaired) electrons. The highest BCUT2D eigenvalue weighted by molar-refractivity contribution is 5.87. The summed E-state index contributed by atoms with van der Waals surface area (Å²) in [5, 5.41) is 12.1. The third-order valence-corrected chi connectivity index (χ3v) is 4.15. The summed E-state index contributed by atoms with van der Waals surface area (Å²) in [7, 11) is 0. The van der Waals surface area contributed by atoms with E-state index in [1.165, 1.54) is 11.4 Å². The van der Waals surface area contributed by atoms with E-state index in [1.807, 2.05) is 0 Å². The standard InChI is InChI=1S/C18H34N4/c1-15(2)9-13(10-16(3,4)21-15)19-20-14-11-17(5,6)22-18(7,8)12-14/h9,19,21-22H,10-12H2,1-8H3. The van der Waals surface area contributed by atoms with Crippen molar-refractivity contribution in [3.63, 3.8) is 0 Å². The van der Waals surface area contributed by atoms with Crippen LogP contribution in [0.5, 0.6) is 0 Å². The van der Waals surface area contributed by atoms with Gasteiger partial charge >= 0.3 is 0 Å². The maximum absolute atomic E-state index is 4.76. The molecular formula is C18H34N4. The van der Waals surface area contributed by atoms with Gasteiger partial charge < -0.3 is 10.6 Å². The molecule has 0 atom stereocenters. The number of rotatable bonds is 2. The second-order valence-electron chi connectivity index (χ2n) is 9.61. The number of nitrogens with zero attached hydrogens (tertiary/aromatic N) is 1. The summed E-state index contributed by atoms with van der Waals surface area (Å²) in [6.07, 6.45) is 5.21. The Morgan fingerprint density at radius 1 is 0.818 bits per heavy atom. The lowest BCUT2D eigenvalue weighted by atomic mass is 9.81. The normalized spacial score (nSPS) is 28.7. The third kappa shape index (κ3) is 4.82. The Morgan fingerprint density at radius 3 is 1.82 bits per heavy atom. The van der Waals surface area contributed by atoms with E-state index in [2.05, 4.69) is 77.5 Å². The van der Waals surface area contributed by atoms with Gasteiger partial charge in [0, 0.05) is 52.8 Å². The van der Waals surface area contributed by atoms with E-state index < -0.39 is 0 Å². The van der Waals surface area contributed by atoms with Crippen molar-refractivity contribution in [1.29, 1.82) is 0 Å². The van der Waals surface area contributed by atoms with Gasteiger partial charge in [0.1, 0.15) is 0 Å². The second-order valence-corrected chi connectivity index (χ2v) is 9.61. The Balaban J connectivity index is 2.12. The quantitative estimate of drug-likeness (QED) is 0.686. The molecule has 22 heavy (non-hydrogen) atoms. The molecule has 4 nitrogen and oxygen atoms in total. The van der Waals surface area contributed by atoms with E-state index in [1.54, 1.807) is 0 Å². The number of hydrogen-bond acceptors (Lipinski definition) is 4. The molecule has 4 heteroatoms. The van der Waals surface area contributed by atoms with Gasteiger partial charge in [-0.1, -0.05) is 0 Å². The molecule has 2 heterocycles. The third-order valence-electron chi connectivity index (χ3n) is 4.15. The van der Waals surface area contributed by atoms with Gasteiger partial charge in [0.25, 0.3) is 0 Å². The van der Waals surface area contributed by atoms with Crippen LogP contribution < -0.4 is 16.1 Å². The first-order valence-corrected chi connectivity index (χ1v) is 8.40. The minimum absolute atomic E-state index is 0.00304. The van der Waals surface area contributed by atoms with Crippen LogP contribution in [0.4, 0.5) is 0 Å². The zero-order valence-electron chi connectivity index (χ0n) is 15.6. The maximum atomic E-state index is 4.76. The summed E-state index contributed by atoms with van der Waals surface area (Å²) in [5.74, 6) is 0. The molecule has 0 bridgehead atoms. The zero-order chi connectivity index (χ0) is 16.8. The molecule has 1 fully saturated rings. The molecule has 0 amide bonds. The molecule has 2 rings (SSSR count). The van der Waals surface area contributed by atoms with Crippen LogP contribution in [0.3, 0.4) is 0 Å². The Hall–Kier alpha value is -0.870. The van der Waals surface area contributed by atoms with Crippen molar-refractivity contribution in [3.8, 4) is 0 Å². The lowest BCUT2D eigenvalue weighted by Gasteiger charge is -2.43. The highest BCUT2D eigenvalue weighted by atomic mass is 15.3. The van der Waals surface area contributed by atoms with Gasteiger partial charge in [-0.3, -0.25) is 5.43 Å². The lowest BCUT2D eigenvalue weighted by molar-refractivity contribution is 0.250. The SMILES string of the molecule is CC1(C)C=C(NN=C2CC(C)(C)NC(C)(C)C2)CC(C)(C)N1. The molecule has 3 N–H and O–H groups in total. The van der Waals surface area contributed by atoms with Crippen molar-refractivity contribution in [2.45, 2.75) is 96.8 Å². The van der Waals surface area contributed by atoms with Crippen molar-refractivity contribution in [2.24, 2.45) is 5.10 Å². The van der Waals surface area contributed by atoms with Crippen LogP contribution in [-0.2, 0) is 0 Å². The van der Waals surface area contributed by atoms with Crippen LogP contribution >= 0.6 is 0 Å². The Bertz CT molecular complexity index is 477. The highest BCUT2D eigenvalue weighted by Crippen LogP contribution is 2.28. The first kappa shape index (κ1) is 17.5. The summed E-state index contributed by atoms with van der Waals surface area (Å²) in [5.41, 5.74) is 6.12. The predicted molar refractivity (Wildman–Crippen MR) is 95.1 cm³/mol. The van der Waals surface area contributed by atoms with Gasteiger partial charge in [-0.2, -0.15) is 5.10 Å². The fourth-order valence-electron chi connectivity index (χ4n) is 4.30. The molecule has 0 aromatic heterocycles. The van der Waals surface area contributed by atoms with E-state index in [-0.39, 0.29) is 22.2 Å². The first-order valence-electron chi connectivity index (χ1n) is 8.40. The van der Waals surface area contributed by atoms with E-state index in [9.17, 15) is 0 Å². The molecule has 0 unspecified atom stereocenters. The van der Waals surface area contributed by atoms with Gasteiger partial charge in [0.05, 0.1) is 0 Å². The minimum atomic E-state index is -0.00304. The fraction of sp³-hybridized carbons (Fsp3) is 0.833. The van der Waals surface area contributed by atoms with Crippen LogP contribution in [0.25, 0.3) is 0 Å². The fourth-order valence-corrected chi connectivity index (χ4v) is 4.30. The monoisotopic (exact) mass is 306 g/mol. The number of hydrogen-bond donors (Lipinski definition) is 3. The smallest absolute Gasteiger partial charge is 0.0418 e. The Morgan fingerprint density at radius 2 is 1.32 bits per heavy atom. The molecule has 0 aliphatic carbocycles. The summed E-state index contributed by atoms with van der Waals surface area (Å²) in [4.78, 5) is 0. The van der Waals surface area contributed by atoms with Gasteiger partial charge in [0.2, 0.25) is 0 Å². The van der Waals surface area contributed by atoms with Gasteiger partial charge in [0.15, 0.2) is 0 Å². The predicted octanol–water partition coefficient (Wildman–Crippen LogP) is 3.31. The zero-order valence-corrected chi connectivity index (χ0v) is 15.6. The van der Waals surface area contributed by atoms with Crippen molar-refractivity contribution in [2.75, 3.05) is 0 Å². The molecule has 1 saturated heterocycles. The van der Waals surface area contributed by atoms with Crippen LogP contribution in [0.1, 0.15) is 74.7 Å². The Labute approximate surface area is 136 Å². The van der Waals surface area contributed by atoms with Gasteiger partial charge in [-0.15, -0.1) is 0 Å². The van der Waals surface area contributed by atoms with Gasteiger partial charge in [-0.05, 0) is 61.5 Å². The summed E-state index contributed by atoms with van der Waals surface area (Å²) in [6, 6.07) is 0. The topological polar surface area (TPSA) is 48.5 Å². The molecule has 0 aromatic carbocycles. The lowest BCUT2D eigenvalue weighted by Crippen LogP contribution is -2.58. The maximum Gasteiger partial charge on any atom is 0.0418 e. The largest absolute Gasteiger partial charge is 0.306 e. The average molecular weight is 306 g/mol. The van der Waals surface area contributed by atoms with E-state index in [0.29, 0.717) is 0 Å². The van der Waals surface area contributed by atoms with Crippen LogP contribution in [0.2, 0.25) is 0 Å². The van der Waals surface area contributed by atoms with E-state index in [4.69, 9.17) is 5.10 Å². The van der Waals surface area contributed by atoms with E-state index >= 15 is 0 Å². The minimum Gasteiger partial charge on any atom is -0.306 e. The molecule has 126 valence electrons. The van der Waals surface area contributed by atoms with Crippen LogP contribution in [-0.4, -0.2) is 27.9 Å². The van der Waals surface area contributed by atoms with E-state index in [0.717, 1.165) is 19.3 Å². The average Bonchev–Trinajstić information content (AvgIpc) is 2.17. The van der Waals surface area contributed by atoms with Crippen molar-refractivity contribution >= 4 is 5.71 Å². The molecular weight excluding hydrogens is 272 g/mol. The molecule has 2 aliphatic rings. The molecule has 0 aromatic rings.